The first-order valence-corrected chi connectivity index (χ1v) is 4.56. The molecule has 0 aromatic heterocycles. The van der Waals surface area contributed by atoms with E-state index in [-0.39, 0.29) is 5.78 Å². The summed E-state index contributed by atoms with van der Waals surface area (Å²) in [5.41, 5.74) is 0.573. The molecule has 0 saturated heterocycles. The predicted octanol–water partition coefficient (Wildman–Crippen LogP) is 1.71. The molecule has 0 aliphatic rings. The van der Waals surface area contributed by atoms with Crippen LogP contribution in [0.4, 0.5) is 0 Å². The van der Waals surface area contributed by atoms with Crippen LogP contribution in [0.5, 0.6) is 5.75 Å². The number of hydrogen-bond acceptors (Lipinski definition) is 3. The van der Waals surface area contributed by atoms with Crippen molar-refractivity contribution in [3.05, 3.63) is 29.8 Å². The van der Waals surface area contributed by atoms with Gasteiger partial charge in [-0.25, -0.2) is 0 Å². The molecule has 1 atom stereocenters. The molecule has 1 aromatic carbocycles. The van der Waals surface area contributed by atoms with Gasteiger partial charge in [0.2, 0.25) is 0 Å². The van der Waals surface area contributed by atoms with Gasteiger partial charge in [0.1, 0.15) is 11.9 Å². The van der Waals surface area contributed by atoms with Gasteiger partial charge in [-0.05, 0) is 31.5 Å². The van der Waals surface area contributed by atoms with Crippen molar-refractivity contribution < 1.29 is 14.6 Å². The molecule has 3 heteroatoms. The molecular weight excluding hydrogens is 180 g/mol. The molecule has 3 nitrogen and oxygen atoms in total. The topological polar surface area (TPSA) is 46.5 Å². The van der Waals surface area contributed by atoms with Gasteiger partial charge in [0, 0.05) is 0 Å². The van der Waals surface area contributed by atoms with Gasteiger partial charge >= 0.3 is 0 Å². The van der Waals surface area contributed by atoms with E-state index in [1.54, 1.807) is 24.3 Å². The lowest BCUT2D eigenvalue weighted by Gasteiger charge is -2.09. The second kappa shape index (κ2) is 4.77. The molecule has 0 aliphatic heterocycles. The molecule has 0 unspecified atom stereocenters. The van der Waals surface area contributed by atoms with Crippen LogP contribution < -0.4 is 4.74 Å². The Balaban J connectivity index is 2.87. The summed E-state index contributed by atoms with van der Waals surface area (Å²) in [5.74, 6) is 0.406. The number of aliphatic hydroxyl groups is 1. The van der Waals surface area contributed by atoms with Crippen LogP contribution in [0, 0.1) is 0 Å². The monoisotopic (exact) mass is 194 g/mol. The maximum atomic E-state index is 10.9. The number of aliphatic hydroxyl groups excluding tert-OH is 1. The fourth-order valence-corrected chi connectivity index (χ4v) is 1.18. The Hall–Kier alpha value is -1.35. The van der Waals surface area contributed by atoms with E-state index in [4.69, 9.17) is 4.74 Å². The van der Waals surface area contributed by atoms with Gasteiger partial charge in [-0.3, -0.25) is 4.79 Å². The largest absolute Gasteiger partial charge is 0.494 e. The Kier molecular flexibility index (Phi) is 3.65. The Labute approximate surface area is 83.3 Å². The summed E-state index contributed by atoms with van der Waals surface area (Å²) in [6.45, 7) is 3.81. The maximum Gasteiger partial charge on any atom is 0.162 e. The second-order valence-corrected chi connectivity index (χ2v) is 3.02. The number of hydrogen-bond donors (Lipinski definition) is 1. The molecule has 0 fully saturated rings. The minimum absolute atomic E-state index is 0.265. The lowest BCUT2D eigenvalue weighted by Crippen LogP contribution is -2.07. The summed E-state index contributed by atoms with van der Waals surface area (Å²) in [4.78, 5) is 10.9. The molecule has 76 valence electrons. The van der Waals surface area contributed by atoms with E-state index in [1.807, 2.05) is 6.92 Å². The number of ether oxygens (including phenoxy) is 1. The van der Waals surface area contributed by atoms with Gasteiger partial charge < -0.3 is 9.84 Å². The molecule has 0 saturated carbocycles. The average Bonchev–Trinajstić information content (AvgIpc) is 2.17. The molecule has 14 heavy (non-hydrogen) atoms. The van der Waals surface area contributed by atoms with Crippen molar-refractivity contribution in [2.45, 2.75) is 20.0 Å². The standard InChI is InChI=1S/C11H14O3/c1-3-14-10-6-4-5-9(7-10)11(13)8(2)12/h4-7,11,13H,3H2,1-2H3/t11-/m1/s1. The van der Waals surface area contributed by atoms with Crippen molar-refractivity contribution in [2.24, 2.45) is 0 Å². The summed E-state index contributed by atoms with van der Waals surface area (Å²) in [5, 5.41) is 9.49. The summed E-state index contributed by atoms with van der Waals surface area (Å²) in [6.07, 6.45) is -1.05. The van der Waals surface area contributed by atoms with Gasteiger partial charge in [-0.1, -0.05) is 12.1 Å². The normalized spacial score (nSPS) is 12.2. The summed E-state index contributed by atoms with van der Waals surface area (Å²) >= 11 is 0. The molecule has 0 amide bonds. The molecule has 0 bridgehead atoms. The SMILES string of the molecule is CCOc1cccc([C@H](O)C(C)=O)c1. The first-order chi connectivity index (χ1) is 6.65. The van der Waals surface area contributed by atoms with Crippen LogP contribution in [0.2, 0.25) is 0 Å². The number of carbonyl (C=O) groups excluding carboxylic acids is 1. The Bertz CT molecular complexity index is 320. The van der Waals surface area contributed by atoms with Crippen molar-refractivity contribution in [1.29, 1.82) is 0 Å². The van der Waals surface area contributed by atoms with Crippen LogP contribution >= 0.6 is 0 Å². The average molecular weight is 194 g/mol. The smallest absolute Gasteiger partial charge is 0.162 e. The van der Waals surface area contributed by atoms with Crippen molar-refractivity contribution in [3.8, 4) is 5.75 Å². The van der Waals surface area contributed by atoms with E-state index in [0.29, 0.717) is 17.9 Å². The number of rotatable bonds is 4. The fraction of sp³-hybridized carbons (Fsp3) is 0.364. The summed E-state index contributed by atoms with van der Waals surface area (Å²) < 4.78 is 5.25. The quantitative estimate of drug-likeness (QED) is 0.793. The Morgan fingerprint density at radius 3 is 2.86 bits per heavy atom. The number of carbonyl (C=O) groups is 1. The third-order valence-electron chi connectivity index (χ3n) is 1.87. The zero-order valence-electron chi connectivity index (χ0n) is 8.36. The molecule has 0 spiro atoms. The first kappa shape index (κ1) is 10.7. The van der Waals surface area contributed by atoms with Crippen LogP contribution in [0.1, 0.15) is 25.5 Å². The summed E-state index contributed by atoms with van der Waals surface area (Å²) in [7, 11) is 0. The number of Topliss-reactive ketones (excluding diaryl/α,β-unsaturated/α-hetero) is 1. The third-order valence-corrected chi connectivity index (χ3v) is 1.87. The Morgan fingerprint density at radius 1 is 1.57 bits per heavy atom. The van der Waals surface area contributed by atoms with Crippen molar-refractivity contribution in [2.75, 3.05) is 6.61 Å². The molecule has 1 rings (SSSR count). The van der Waals surface area contributed by atoms with E-state index in [1.165, 1.54) is 6.92 Å². The third kappa shape index (κ3) is 2.57. The van der Waals surface area contributed by atoms with E-state index in [0.717, 1.165) is 0 Å². The van der Waals surface area contributed by atoms with Crippen LogP contribution in [0.15, 0.2) is 24.3 Å². The van der Waals surface area contributed by atoms with E-state index < -0.39 is 6.10 Å². The number of ketones is 1. The van der Waals surface area contributed by atoms with E-state index in [9.17, 15) is 9.90 Å². The van der Waals surface area contributed by atoms with Gasteiger partial charge in [-0.15, -0.1) is 0 Å². The molecule has 1 aromatic rings. The fourth-order valence-electron chi connectivity index (χ4n) is 1.18. The highest BCUT2D eigenvalue weighted by molar-refractivity contribution is 5.81. The Morgan fingerprint density at radius 2 is 2.29 bits per heavy atom. The van der Waals surface area contributed by atoms with Gasteiger partial charge in [0.25, 0.3) is 0 Å². The van der Waals surface area contributed by atoms with Crippen LogP contribution in [0.3, 0.4) is 0 Å². The van der Waals surface area contributed by atoms with Gasteiger partial charge in [0.15, 0.2) is 5.78 Å². The predicted molar refractivity (Wildman–Crippen MR) is 53.3 cm³/mol. The first-order valence-electron chi connectivity index (χ1n) is 4.56. The zero-order chi connectivity index (χ0) is 10.6. The van der Waals surface area contributed by atoms with Crippen LogP contribution in [-0.2, 0) is 4.79 Å². The molecule has 1 N–H and O–H groups in total. The van der Waals surface area contributed by atoms with Gasteiger partial charge in [-0.2, -0.15) is 0 Å². The molecule has 0 heterocycles. The lowest BCUT2D eigenvalue weighted by atomic mass is 10.1. The highest BCUT2D eigenvalue weighted by atomic mass is 16.5. The maximum absolute atomic E-state index is 10.9. The summed E-state index contributed by atoms with van der Waals surface area (Å²) in [6, 6.07) is 6.93. The molecule has 0 aliphatic carbocycles. The molecule has 0 radical (unpaired) electrons. The lowest BCUT2D eigenvalue weighted by molar-refractivity contribution is -0.125. The van der Waals surface area contributed by atoms with Crippen LogP contribution in [-0.4, -0.2) is 17.5 Å². The zero-order valence-corrected chi connectivity index (χ0v) is 8.36. The van der Waals surface area contributed by atoms with Crippen molar-refractivity contribution in [1.82, 2.24) is 0 Å². The second-order valence-electron chi connectivity index (χ2n) is 3.02. The van der Waals surface area contributed by atoms with Crippen molar-refractivity contribution in [3.63, 3.8) is 0 Å². The van der Waals surface area contributed by atoms with E-state index >= 15 is 0 Å². The van der Waals surface area contributed by atoms with Gasteiger partial charge in [0.05, 0.1) is 6.61 Å². The molecular formula is C11H14O3. The van der Waals surface area contributed by atoms with Crippen LogP contribution in [0.25, 0.3) is 0 Å². The van der Waals surface area contributed by atoms with E-state index in [2.05, 4.69) is 0 Å². The highest BCUT2D eigenvalue weighted by Crippen LogP contribution is 2.19. The minimum atomic E-state index is -1.05. The van der Waals surface area contributed by atoms with Crippen molar-refractivity contribution >= 4 is 5.78 Å². The highest BCUT2D eigenvalue weighted by Gasteiger charge is 2.12. The minimum Gasteiger partial charge on any atom is -0.494 e. The number of benzene rings is 1.